The number of nitro benzene ring substituents is 2. The molecule has 0 saturated heterocycles. The predicted molar refractivity (Wildman–Crippen MR) is 49.8 cm³/mol. The summed E-state index contributed by atoms with van der Waals surface area (Å²) in [5, 5.41) is 21.0. The van der Waals surface area contributed by atoms with Gasteiger partial charge in [0.05, 0.1) is 15.4 Å². The van der Waals surface area contributed by atoms with E-state index in [9.17, 15) is 24.6 Å². The van der Waals surface area contributed by atoms with Crippen molar-refractivity contribution < 1.29 is 14.2 Å². The Hall–Kier alpha value is -2.31. The van der Waals surface area contributed by atoms with Crippen LogP contribution in [0.25, 0.3) is 6.08 Å². The van der Waals surface area contributed by atoms with E-state index in [2.05, 4.69) is 6.58 Å². The summed E-state index contributed by atoms with van der Waals surface area (Å²) in [6, 6.07) is 1.54. The molecule has 7 heteroatoms. The zero-order valence-corrected chi connectivity index (χ0v) is 7.34. The monoisotopic (exact) mass is 212 g/mol. The zero-order valence-electron chi connectivity index (χ0n) is 7.34. The van der Waals surface area contributed by atoms with E-state index < -0.39 is 32.6 Å². The van der Waals surface area contributed by atoms with E-state index in [0.717, 1.165) is 18.2 Å². The van der Waals surface area contributed by atoms with Crippen LogP contribution in [0.2, 0.25) is 0 Å². The van der Waals surface area contributed by atoms with Gasteiger partial charge in [-0.05, 0) is 6.07 Å². The van der Waals surface area contributed by atoms with Crippen LogP contribution in [-0.4, -0.2) is 9.85 Å². The van der Waals surface area contributed by atoms with Crippen LogP contribution in [0.3, 0.4) is 0 Å². The summed E-state index contributed by atoms with van der Waals surface area (Å²) < 4.78 is 13.1. The Morgan fingerprint density at radius 3 is 2.27 bits per heavy atom. The molecule has 0 aliphatic carbocycles. The number of nitro groups is 2. The molecule has 0 aromatic heterocycles. The number of hydrogen-bond acceptors (Lipinski definition) is 4. The molecule has 1 aromatic carbocycles. The normalized spacial score (nSPS) is 9.67. The topological polar surface area (TPSA) is 86.3 Å². The van der Waals surface area contributed by atoms with E-state index in [4.69, 9.17) is 0 Å². The standard InChI is InChI=1S/C8H5FN2O4/c1-2-5-6(9)3-4-7(10(12)13)8(5)11(14)15/h2-4H,1H2. The minimum atomic E-state index is -1.00. The van der Waals surface area contributed by atoms with Crippen molar-refractivity contribution in [3.8, 4) is 0 Å². The van der Waals surface area contributed by atoms with Crippen LogP contribution in [-0.2, 0) is 0 Å². The number of halogens is 1. The van der Waals surface area contributed by atoms with Gasteiger partial charge in [-0.25, -0.2) is 4.39 Å². The van der Waals surface area contributed by atoms with Crippen molar-refractivity contribution in [3.05, 3.63) is 50.3 Å². The van der Waals surface area contributed by atoms with Gasteiger partial charge in [0.25, 0.3) is 0 Å². The third-order valence-corrected chi connectivity index (χ3v) is 1.73. The molecule has 15 heavy (non-hydrogen) atoms. The third-order valence-electron chi connectivity index (χ3n) is 1.73. The van der Waals surface area contributed by atoms with Crippen molar-refractivity contribution >= 4 is 17.5 Å². The van der Waals surface area contributed by atoms with Gasteiger partial charge in [-0.3, -0.25) is 20.2 Å². The van der Waals surface area contributed by atoms with E-state index in [1.807, 2.05) is 0 Å². The maximum absolute atomic E-state index is 13.1. The Kier molecular flexibility index (Phi) is 2.75. The van der Waals surface area contributed by atoms with Gasteiger partial charge < -0.3 is 0 Å². The average Bonchev–Trinajstić information content (AvgIpc) is 2.16. The second-order valence-corrected chi connectivity index (χ2v) is 2.55. The Labute approximate surface area is 82.9 Å². The fourth-order valence-corrected chi connectivity index (χ4v) is 1.11. The molecule has 0 heterocycles. The summed E-state index contributed by atoms with van der Waals surface area (Å²) in [6.45, 7) is 3.17. The first kappa shape index (κ1) is 10.8. The van der Waals surface area contributed by atoms with Crippen LogP contribution < -0.4 is 0 Å². The molecule has 0 fully saturated rings. The first-order valence-electron chi connectivity index (χ1n) is 3.72. The van der Waals surface area contributed by atoms with Crippen LogP contribution in [0.1, 0.15) is 5.56 Å². The van der Waals surface area contributed by atoms with E-state index >= 15 is 0 Å². The lowest BCUT2D eigenvalue weighted by Gasteiger charge is -1.99. The molecule has 1 rings (SSSR count). The highest BCUT2D eigenvalue weighted by atomic mass is 19.1. The minimum absolute atomic E-state index is 0.478. The number of hydrogen-bond donors (Lipinski definition) is 0. The summed E-state index contributed by atoms with van der Waals surface area (Å²) in [5.74, 6) is -0.915. The molecule has 0 saturated carbocycles. The van der Waals surface area contributed by atoms with Crippen LogP contribution >= 0.6 is 0 Å². The van der Waals surface area contributed by atoms with Crippen LogP contribution in [0, 0.1) is 26.0 Å². The molecule has 1 aromatic rings. The van der Waals surface area contributed by atoms with Gasteiger partial charge in [0.15, 0.2) is 0 Å². The van der Waals surface area contributed by atoms with Crippen molar-refractivity contribution in [2.45, 2.75) is 0 Å². The van der Waals surface area contributed by atoms with Gasteiger partial charge in [-0.1, -0.05) is 12.7 Å². The first-order chi connectivity index (χ1) is 6.99. The predicted octanol–water partition coefficient (Wildman–Crippen LogP) is 2.29. The van der Waals surface area contributed by atoms with E-state index in [1.165, 1.54) is 0 Å². The maximum atomic E-state index is 13.1. The largest absolute Gasteiger partial charge is 0.356 e. The van der Waals surface area contributed by atoms with E-state index in [1.54, 1.807) is 0 Å². The minimum Gasteiger partial charge on any atom is -0.258 e. The molecule has 0 unspecified atom stereocenters. The molecule has 0 amide bonds. The maximum Gasteiger partial charge on any atom is 0.356 e. The van der Waals surface area contributed by atoms with Crippen molar-refractivity contribution in [2.75, 3.05) is 0 Å². The highest BCUT2D eigenvalue weighted by molar-refractivity contribution is 5.68. The second-order valence-electron chi connectivity index (χ2n) is 2.55. The Bertz CT molecular complexity index is 458. The van der Waals surface area contributed by atoms with Crippen LogP contribution in [0.15, 0.2) is 18.7 Å². The molecule has 6 nitrogen and oxygen atoms in total. The lowest BCUT2D eigenvalue weighted by atomic mass is 10.1. The molecular formula is C8H5FN2O4. The van der Waals surface area contributed by atoms with Gasteiger partial charge in [0.2, 0.25) is 0 Å². The third kappa shape index (κ3) is 1.80. The molecule has 0 N–H and O–H groups in total. The quantitative estimate of drug-likeness (QED) is 0.568. The van der Waals surface area contributed by atoms with Crippen molar-refractivity contribution in [1.29, 1.82) is 0 Å². The van der Waals surface area contributed by atoms with Crippen LogP contribution in [0.5, 0.6) is 0 Å². The van der Waals surface area contributed by atoms with Crippen molar-refractivity contribution in [3.63, 3.8) is 0 Å². The van der Waals surface area contributed by atoms with Gasteiger partial charge in [-0.2, -0.15) is 0 Å². The van der Waals surface area contributed by atoms with Gasteiger partial charge >= 0.3 is 11.4 Å². The van der Waals surface area contributed by atoms with Gasteiger partial charge in [0.1, 0.15) is 5.82 Å². The molecule has 0 spiro atoms. The first-order valence-corrected chi connectivity index (χ1v) is 3.72. The Balaban J connectivity index is 3.63. The van der Waals surface area contributed by atoms with Crippen molar-refractivity contribution in [1.82, 2.24) is 0 Å². The molecule has 0 bridgehead atoms. The van der Waals surface area contributed by atoms with Crippen molar-refractivity contribution in [2.24, 2.45) is 0 Å². The SMILES string of the molecule is C=Cc1c(F)ccc([N+](=O)[O-])c1[N+](=O)[O-]. The zero-order chi connectivity index (χ0) is 11.6. The lowest BCUT2D eigenvalue weighted by molar-refractivity contribution is -0.422. The Morgan fingerprint density at radius 1 is 1.27 bits per heavy atom. The summed E-state index contributed by atoms with van der Waals surface area (Å²) in [4.78, 5) is 19.1. The highest BCUT2D eigenvalue weighted by Crippen LogP contribution is 2.32. The van der Waals surface area contributed by atoms with E-state index in [0.29, 0.717) is 0 Å². The summed E-state index contributed by atoms with van der Waals surface area (Å²) in [6.07, 6.45) is 0.875. The summed E-state index contributed by atoms with van der Waals surface area (Å²) >= 11 is 0. The summed E-state index contributed by atoms with van der Waals surface area (Å²) in [5.41, 5.74) is -2.11. The molecule has 0 atom stereocenters. The number of benzene rings is 1. The molecule has 0 aliphatic rings. The van der Waals surface area contributed by atoms with Gasteiger partial charge in [-0.15, -0.1) is 0 Å². The molecule has 0 radical (unpaired) electrons. The Morgan fingerprint density at radius 2 is 1.87 bits per heavy atom. The molecular weight excluding hydrogens is 207 g/mol. The lowest BCUT2D eigenvalue weighted by Crippen LogP contribution is -2.00. The van der Waals surface area contributed by atoms with Crippen LogP contribution in [0.4, 0.5) is 15.8 Å². The number of nitrogens with zero attached hydrogens (tertiary/aromatic N) is 2. The van der Waals surface area contributed by atoms with Gasteiger partial charge in [0, 0.05) is 6.07 Å². The second kappa shape index (κ2) is 3.82. The number of rotatable bonds is 3. The molecule has 0 aliphatic heterocycles. The molecule has 78 valence electrons. The van der Waals surface area contributed by atoms with E-state index in [-0.39, 0.29) is 0 Å². The fourth-order valence-electron chi connectivity index (χ4n) is 1.11. The fraction of sp³-hybridized carbons (Fsp3) is 0. The smallest absolute Gasteiger partial charge is 0.258 e. The highest BCUT2D eigenvalue weighted by Gasteiger charge is 2.29. The summed E-state index contributed by atoms with van der Waals surface area (Å²) in [7, 11) is 0. The average molecular weight is 212 g/mol.